The van der Waals surface area contributed by atoms with E-state index in [0.29, 0.717) is 12.1 Å². The Morgan fingerprint density at radius 3 is 2.64 bits per heavy atom. The summed E-state index contributed by atoms with van der Waals surface area (Å²) in [5, 5.41) is 6.13. The number of benzene rings is 1. The van der Waals surface area contributed by atoms with E-state index in [1.807, 2.05) is 0 Å². The molecule has 2 rings (SSSR count). The van der Waals surface area contributed by atoms with Crippen LogP contribution in [-0.4, -0.2) is 29.3 Å². The Kier molecular flexibility index (Phi) is 6.49. The first kappa shape index (κ1) is 19.8. The summed E-state index contributed by atoms with van der Waals surface area (Å²) in [6.45, 7) is 13.2. The normalized spacial score (nSPS) is 14.7. The van der Waals surface area contributed by atoms with Gasteiger partial charge in [-0.1, -0.05) is 0 Å². The first-order chi connectivity index (χ1) is 11.7. The van der Waals surface area contributed by atoms with Crippen LogP contribution in [0.25, 0.3) is 0 Å². The Morgan fingerprint density at radius 1 is 1.28 bits per heavy atom. The first-order valence-electron chi connectivity index (χ1n) is 8.57. The minimum absolute atomic E-state index is 0.00352. The molecule has 1 aromatic rings. The molecule has 0 saturated heterocycles. The Morgan fingerprint density at radius 2 is 1.96 bits per heavy atom. The number of aliphatic imine (C=N–C) groups is 1. The number of hydrogen-bond donors (Lipinski definition) is 2. The van der Waals surface area contributed by atoms with E-state index in [1.54, 1.807) is 6.92 Å². The van der Waals surface area contributed by atoms with Crippen molar-refractivity contribution in [1.29, 1.82) is 0 Å². The third-order valence-electron chi connectivity index (χ3n) is 4.61. The van der Waals surface area contributed by atoms with Crippen molar-refractivity contribution in [2.45, 2.75) is 46.0 Å². The fourth-order valence-corrected chi connectivity index (χ4v) is 3.04. The van der Waals surface area contributed by atoms with Gasteiger partial charge in [-0.05, 0) is 0 Å². The maximum atomic E-state index is 11.4. The third kappa shape index (κ3) is 4.97. The first-order valence-corrected chi connectivity index (χ1v) is 9.09. The average Bonchev–Trinajstić information content (AvgIpc) is 2.76. The fourth-order valence-electron chi connectivity index (χ4n) is 2.70. The molecule has 137 valence electrons. The second-order valence-corrected chi connectivity index (χ2v) is 7.67. The number of carbonyl (C=O) groups excluding carboxylic acids is 1. The van der Waals surface area contributed by atoms with E-state index in [4.69, 9.17) is 0 Å². The summed E-state index contributed by atoms with van der Waals surface area (Å²) in [5.74, 6) is -0.0899. The predicted octanol–water partition coefficient (Wildman–Crippen LogP) is 2.96. The van der Waals surface area contributed by atoms with Crippen molar-refractivity contribution in [3.63, 3.8) is 0 Å². The number of rotatable bonds is 8. The number of nitrogens with one attached hydrogen (secondary N) is 2. The zero-order valence-electron chi connectivity index (χ0n) is 15.5. The summed E-state index contributed by atoms with van der Waals surface area (Å²) in [6.07, 6.45) is 1.60. The molecule has 1 aliphatic rings. The molecule has 5 heteroatoms. The molecule has 0 spiro atoms. The van der Waals surface area contributed by atoms with Crippen LogP contribution in [0.3, 0.4) is 0 Å². The van der Waals surface area contributed by atoms with Gasteiger partial charge in [-0.2, -0.15) is 0 Å². The van der Waals surface area contributed by atoms with E-state index in [-0.39, 0.29) is 11.3 Å². The molecule has 4 nitrogen and oxygen atoms in total. The monoisotopic (exact) mass is 384 g/mol. The zero-order chi connectivity index (χ0) is 18.6. The van der Waals surface area contributed by atoms with Crippen LogP contribution in [0.1, 0.15) is 45.2 Å². The second-order valence-electron chi connectivity index (χ2n) is 7.05. The van der Waals surface area contributed by atoms with Crippen molar-refractivity contribution in [1.82, 2.24) is 10.6 Å². The van der Waals surface area contributed by atoms with Gasteiger partial charge in [-0.3, -0.25) is 0 Å². The van der Waals surface area contributed by atoms with Crippen LogP contribution in [0.15, 0.2) is 35.3 Å². The standard InChI is InChI=1S/C20H27N3O.Co/c1-14(2)19(24)22-11-6-10-21-12-9-16-7-8-18-17(13-16)20(4,5)15(3)23-18;/h7-8,13,21H,1,6,9-11H2,2-5H3,(H,22,24);. The van der Waals surface area contributed by atoms with Gasteiger partial charge in [-0.15, -0.1) is 0 Å². The number of fused-ring (bicyclic) bond motifs is 1. The summed E-state index contributed by atoms with van der Waals surface area (Å²) < 4.78 is 0.923. The molecule has 0 saturated carbocycles. The molecule has 1 aromatic carbocycles. The van der Waals surface area contributed by atoms with E-state index in [0.717, 1.165) is 35.4 Å². The second kappa shape index (κ2) is 8.21. The third-order valence-corrected chi connectivity index (χ3v) is 4.98. The molecule has 0 bridgehead atoms. The molecule has 0 unspecified atom stereocenters. The van der Waals surface area contributed by atoms with Crippen molar-refractivity contribution >= 4 is 21.9 Å². The molecule has 2 N–H and O–H groups in total. The van der Waals surface area contributed by atoms with Crippen molar-refractivity contribution < 1.29 is 20.1 Å². The van der Waals surface area contributed by atoms with Gasteiger partial charge in [0, 0.05) is 0 Å². The molecular formula is C20H27CoN3O. The number of amides is 1. The van der Waals surface area contributed by atoms with Crippen LogP contribution in [-0.2, 0) is 31.9 Å². The van der Waals surface area contributed by atoms with Crippen molar-refractivity contribution in [2.24, 2.45) is 4.99 Å². The van der Waals surface area contributed by atoms with Gasteiger partial charge in [0.1, 0.15) is 0 Å². The van der Waals surface area contributed by atoms with Crippen molar-refractivity contribution in [3.8, 4) is 0 Å². The number of carbonyl (C=O) groups is 1. The predicted molar refractivity (Wildman–Crippen MR) is 101 cm³/mol. The summed E-state index contributed by atoms with van der Waals surface area (Å²) in [4.78, 5) is 16.0. The molecule has 25 heavy (non-hydrogen) atoms. The Labute approximate surface area is 158 Å². The van der Waals surface area contributed by atoms with Gasteiger partial charge in [0.2, 0.25) is 0 Å². The van der Waals surface area contributed by atoms with E-state index in [1.165, 1.54) is 11.1 Å². The number of hydrogen-bond acceptors (Lipinski definition) is 3. The quantitative estimate of drug-likeness (QED) is 0.535. The van der Waals surface area contributed by atoms with Gasteiger partial charge < -0.3 is 0 Å². The Hall–Kier alpha value is -1.56. The molecule has 1 aliphatic heterocycles. The summed E-state index contributed by atoms with van der Waals surface area (Å²) in [6, 6.07) is 6.44. The van der Waals surface area contributed by atoms with Crippen LogP contribution in [0.2, 0.25) is 0 Å². The van der Waals surface area contributed by atoms with E-state index in [2.05, 4.69) is 76.5 Å². The molecule has 0 aliphatic carbocycles. The van der Waals surface area contributed by atoms with Gasteiger partial charge in [0.25, 0.3) is 0 Å². The summed E-state index contributed by atoms with van der Waals surface area (Å²) in [7, 11) is 0. The molecule has 1 amide bonds. The molecule has 0 atom stereocenters. The maximum absolute atomic E-state index is 11.4. The zero-order valence-corrected chi connectivity index (χ0v) is 16.5. The van der Waals surface area contributed by atoms with Crippen LogP contribution in [0.4, 0.5) is 5.69 Å². The topological polar surface area (TPSA) is 53.5 Å². The average molecular weight is 384 g/mol. The molecule has 0 aromatic heterocycles. The summed E-state index contributed by atoms with van der Waals surface area (Å²) in [5.41, 5.74) is 5.27. The number of nitrogens with zero attached hydrogens (tertiary/aromatic N) is 1. The van der Waals surface area contributed by atoms with Gasteiger partial charge in [0.05, 0.1) is 0 Å². The van der Waals surface area contributed by atoms with Crippen molar-refractivity contribution in [3.05, 3.63) is 41.5 Å². The molecule has 0 radical (unpaired) electrons. The Bertz CT molecular complexity index is 734. The minimum atomic E-state index is -0.0899. The van der Waals surface area contributed by atoms with E-state index < -0.39 is 0 Å². The van der Waals surface area contributed by atoms with Crippen molar-refractivity contribution in [2.75, 3.05) is 13.1 Å². The molecule has 1 heterocycles. The summed E-state index contributed by atoms with van der Waals surface area (Å²) >= 11 is 4.61. The molecule has 0 fully saturated rings. The van der Waals surface area contributed by atoms with Crippen LogP contribution < -0.4 is 10.6 Å². The van der Waals surface area contributed by atoms with Gasteiger partial charge in [-0.25, -0.2) is 0 Å². The molecular weight excluding hydrogens is 357 g/mol. The Balaban J connectivity index is 1.80. The van der Waals surface area contributed by atoms with E-state index in [9.17, 15) is 4.79 Å². The van der Waals surface area contributed by atoms with Gasteiger partial charge in [0.15, 0.2) is 0 Å². The van der Waals surface area contributed by atoms with E-state index >= 15 is 0 Å². The van der Waals surface area contributed by atoms with Crippen LogP contribution in [0.5, 0.6) is 0 Å². The van der Waals surface area contributed by atoms with Gasteiger partial charge >= 0.3 is 158 Å². The van der Waals surface area contributed by atoms with Crippen LogP contribution >= 0.6 is 0 Å². The SMILES string of the molecule is C=C(C)C(=O)NCCCN[C](=[Co])Cc1ccc2c(c1)C(C)(C)C(C)=N2. The fraction of sp³-hybridized carbons (Fsp3) is 0.450. The van der Waals surface area contributed by atoms with Crippen LogP contribution in [0, 0.1) is 0 Å².